The van der Waals surface area contributed by atoms with Crippen LogP contribution in [-0.4, -0.2) is 28.9 Å². The summed E-state index contributed by atoms with van der Waals surface area (Å²) < 4.78 is 13.0. The fraction of sp³-hybridized carbons (Fsp3) is 0.273. The second-order valence-corrected chi connectivity index (χ2v) is 7.19. The maximum atomic E-state index is 13.0. The third-order valence-electron chi connectivity index (χ3n) is 5.16. The zero-order valence-electron chi connectivity index (χ0n) is 15.6. The number of fused-ring (bicyclic) bond motifs is 1. The molecule has 142 valence electrons. The second kappa shape index (κ2) is 6.71. The topological polar surface area (TPSA) is 65.4 Å². The molecule has 6 nitrogen and oxygen atoms in total. The summed E-state index contributed by atoms with van der Waals surface area (Å²) in [6.07, 6.45) is 2.31. The van der Waals surface area contributed by atoms with Gasteiger partial charge < -0.3 is 14.8 Å². The first kappa shape index (κ1) is 16.9. The molecule has 1 N–H and O–H groups in total. The summed E-state index contributed by atoms with van der Waals surface area (Å²) >= 11 is 0. The molecule has 1 aliphatic heterocycles. The van der Waals surface area contributed by atoms with Crippen LogP contribution in [0.2, 0.25) is 0 Å². The molecule has 0 atom stereocenters. The van der Waals surface area contributed by atoms with E-state index in [2.05, 4.69) is 5.32 Å². The number of ether oxygens (including phenoxy) is 2. The molecule has 1 amide bonds. The predicted octanol–water partition coefficient (Wildman–Crippen LogP) is 4.08. The van der Waals surface area contributed by atoms with Crippen LogP contribution in [0.15, 0.2) is 48.5 Å². The van der Waals surface area contributed by atoms with Gasteiger partial charge >= 0.3 is 0 Å². The number of hydrogen-bond acceptors (Lipinski definition) is 4. The van der Waals surface area contributed by atoms with E-state index >= 15 is 0 Å². The van der Waals surface area contributed by atoms with Crippen molar-refractivity contribution in [3.05, 3.63) is 65.4 Å². The van der Waals surface area contributed by atoms with Gasteiger partial charge in [-0.2, -0.15) is 5.10 Å². The predicted molar refractivity (Wildman–Crippen MR) is 106 cm³/mol. The average Bonchev–Trinajstić information content (AvgIpc) is 3.53. The smallest absolute Gasteiger partial charge is 0.256 e. The minimum Gasteiger partial charge on any atom is -0.486 e. The van der Waals surface area contributed by atoms with E-state index in [1.54, 1.807) is 18.2 Å². The molecule has 28 heavy (non-hydrogen) atoms. The van der Waals surface area contributed by atoms with Crippen molar-refractivity contribution in [2.24, 2.45) is 0 Å². The Hall–Kier alpha value is -3.28. The van der Waals surface area contributed by atoms with Crippen molar-refractivity contribution in [3.8, 4) is 17.2 Å². The van der Waals surface area contributed by atoms with Gasteiger partial charge in [-0.3, -0.25) is 4.79 Å². The van der Waals surface area contributed by atoms with Gasteiger partial charge in [-0.15, -0.1) is 0 Å². The van der Waals surface area contributed by atoms with Crippen molar-refractivity contribution in [2.45, 2.75) is 25.7 Å². The molecule has 0 bridgehead atoms. The van der Waals surface area contributed by atoms with Crippen molar-refractivity contribution in [3.63, 3.8) is 0 Å². The number of amides is 1. The standard InChI is InChI=1S/C22H21N3O3/c1-14-20(15-7-8-15)24-25(17-5-3-2-4-6-17)21(14)23-22(26)16-9-10-18-19(13-16)28-12-11-27-18/h2-6,9-10,13,15H,7-8,11-12H2,1H3,(H,23,26). The Morgan fingerprint density at radius 2 is 1.82 bits per heavy atom. The Morgan fingerprint density at radius 1 is 1.07 bits per heavy atom. The zero-order chi connectivity index (χ0) is 19.1. The monoisotopic (exact) mass is 375 g/mol. The van der Waals surface area contributed by atoms with Crippen LogP contribution >= 0.6 is 0 Å². The molecule has 5 rings (SSSR count). The SMILES string of the molecule is Cc1c(C2CC2)nn(-c2ccccc2)c1NC(=O)c1ccc2c(c1)OCCO2. The van der Waals surface area contributed by atoms with Crippen LogP contribution in [-0.2, 0) is 0 Å². The number of rotatable bonds is 4. The fourth-order valence-electron chi connectivity index (χ4n) is 3.52. The molecule has 0 radical (unpaired) electrons. The molecule has 1 fully saturated rings. The van der Waals surface area contributed by atoms with Crippen LogP contribution in [0.25, 0.3) is 5.69 Å². The van der Waals surface area contributed by atoms with Crippen molar-refractivity contribution < 1.29 is 14.3 Å². The van der Waals surface area contributed by atoms with E-state index in [0.29, 0.717) is 42.0 Å². The van der Waals surface area contributed by atoms with Crippen LogP contribution in [0.1, 0.15) is 40.4 Å². The summed E-state index contributed by atoms with van der Waals surface area (Å²) in [5, 5.41) is 7.88. The largest absolute Gasteiger partial charge is 0.486 e. The molecular weight excluding hydrogens is 354 g/mol. The van der Waals surface area contributed by atoms with Gasteiger partial charge in [0, 0.05) is 17.0 Å². The van der Waals surface area contributed by atoms with Crippen molar-refractivity contribution >= 4 is 11.7 Å². The van der Waals surface area contributed by atoms with E-state index in [9.17, 15) is 4.79 Å². The Kier molecular flexibility index (Phi) is 4.04. The third-order valence-corrected chi connectivity index (χ3v) is 5.16. The summed E-state index contributed by atoms with van der Waals surface area (Å²) in [6, 6.07) is 15.1. The number of para-hydroxylation sites is 1. The Bertz CT molecular complexity index is 1040. The number of carbonyl (C=O) groups excluding carboxylic acids is 1. The normalized spacial score (nSPS) is 15.3. The van der Waals surface area contributed by atoms with Gasteiger partial charge in [-0.05, 0) is 50.1 Å². The van der Waals surface area contributed by atoms with Gasteiger partial charge in [0.05, 0.1) is 11.4 Å². The highest BCUT2D eigenvalue weighted by Crippen LogP contribution is 2.43. The lowest BCUT2D eigenvalue weighted by atomic mass is 10.1. The number of nitrogens with zero attached hydrogens (tertiary/aromatic N) is 2. The number of aromatic nitrogens is 2. The van der Waals surface area contributed by atoms with Crippen molar-refractivity contribution in [2.75, 3.05) is 18.5 Å². The molecule has 2 aromatic carbocycles. The van der Waals surface area contributed by atoms with Crippen LogP contribution in [0, 0.1) is 6.92 Å². The number of benzene rings is 2. The van der Waals surface area contributed by atoms with Gasteiger partial charge in [0.15, 0.2) is 11.5 Å². The minimum absolute atomic E-state index is 0.195. The van der Waals surface area contributed by atoms with E-state index in [1.165, 1.54) is 0 Å². The van der Waals surface area contributed by atoms with Gasteiger partial charge in [-0.1, -0.05) is 18.2 Å². The first-order valence-electron chi connectivity index (χ1n) is 9.56. The average molecular weight is 375 g/mol. The number of nitrogens with one attached hydrogen (secondary N) is 1. The third kappa shape index (κ3) is 3.01. The van der Waals surface area contributed by atoms with Gasteiger partial charge in [-0.25, -0.2) is 4.68 Å². The van der Waals surface area contributed by atoms with Gasteiger partial charge in [0.2, 0.25) is 0 Å². The van der Waals surface area contributed by atoms with Crippen molar-refractivity contribution in [1.82, 2.24) is 9.78 Å². The lowest BCUT2D eigenvalue weighted by Crippen LogP contribution is -2.18. The molecule has 6 heteroatoms. The Labute approximate surface area is 163 Å². The van der Waals surface area contributed by atoms with Crippen LogP contribution in [0.3, 0.4) is 0 Å². The molecule has 0 unspecified atom stereocenters. The zero-order valence-corrected chi connectivity index (χ0v) is 15.6. The summed E-state index contributed by atoms with van der Waals surface area (Å²) in [5.74, 6) is 2.29. The highest BCUT2D eigenvalue weighted by molar-refractivity contribution is 6.04. The first-order valence-corrected chi connectivity index (χ1v) is 9.56. The van der Waals surface area contributed by atoms with E-state index in [1.807, 2.05) is 41.9 Å². The van der Waals surface area contributed by atoms with E-state index in [-0.39, 0.29) is 5.91 Å². The lowest BCUT2D eigenvalue weighted by molar-refractivity contribution is 0.102. The Morgan fingerprint density at radius 3 is 2.57 bits per heavy atom. The first-order chi connectivity index (χ1) is 13.7. The van der Waals surface area contributed by atoms with E-state index in [4.69, 9.17) is 14.6 Å². The Balaban J connectivity index is 1.50. The van der Waals surface area contributed by atoms with Crippen LogP contribution in [0.5, 0.6) is 11.5 Å². The summed E-state index contributed by atoms with van der Waals surface area (Å²) in [4.78, 5) is 13.0. The second-order valence-electron chi connectivity index (χ2n) is 7.19. The fourth-order valence-corrected chi connectivity index (χ4v) is 3.52. The molecule has 1 aliphatic carbocycles. The van der Waals surface area contributed by atoms with Crippen molar-refractivity contribution in [1.29, 1.82) is 0 Å². The highest BCUT2D eigenvalue weighted by atomic mass is 16.6. The maximum absolute atomic E-state index is 13.0. The number of anilines is 1. The molecule has 1 aromatic heterocycles. The molecule has 2 aliphatic rings. The molecule has 2 heterocycles. The van der Waals surface area contributed by atoms with Crippen LogP contribution in [0.4, 0.5) is 5.82 Å². The molecule has 0 spiro atoms. The van der Waals surface area contributed by atoms with Crippen LogP contribution < -0.4 is 14.8 Å². The van der Waals surface area contributed by atoms with Gasteiger partial charge in [0.1, 0.15) is 19.0 Å². The maximum Gasteiger partial charge on any atom is 0.256 e. The number of carbonyl (C=O) groups is 1. The minimum atomic E-state index is -0.195. The summed E-state index contributed by atoms with van der Waals surface area (Å²) in [6.45, 7) is 3.04. The molecule has 0 saturated heterocycles. The number of hydrogen-bond donors (Lipinski definition) is 1. The summed E-state index contributed by atoms with van der Waals surface area (Å²) in [7, 11) is 0. The van der Waals surface area contributed by atoms with E-state index < -0.39 is 0 Å². The molecule has 3 aromatic rings. The molecular formula is C22H21N3O3. The van der Waals surface area contributed by atoms with Gasteiger partial charge in [0.25, 0.3) is 5.91 Å². The molecule has 1 saturated carbocycles. The highest BCUT2D eigenvalue weighted by Gasteiger charge is 2.31. The lowest BCUT2D eigenvalue weighted by Gasteiger charge is -2.18. The quantitative estimate of drug-likeness (QED) is 0.746. The van der Waals surface area contributed by atoms with E-state index in [0.717, 1.165) is 29.8 Å². The summed E-state index contributed by atoms with van der Waals surface area (Å²) in [5.41, 5.74) is 3.55.